The Morgan fingerprint density at radius 2 is 2.08 bits per heavy atom. The molecule has 0 bridgehead atoms. The summed E-state index contributed by atoms with van der Waals surface area (Å²) in [6.07, 6.45) is 1.56. The van der Waals surface area contributed by atoms with Crippen molar-refractivity contribution in [2.75, 3.05) is 0 Å². The van der Waals surface area contributed by atoms with E-state index in [2.05, 4.69) is 10.1 Å². The minimum atomic E-state index is -0.507. The van der Waals surface area contributed by atoms with Crippen LogP contribution in [0.1, 0.15) is 34.0 Å². The number of carbonyl (C=O) groups is 1. The van der Waals surface area contributed by atoms with Gasteiger partial charge in [-0.3, -0.25) is 0 Å². The molecule has 0 radical (unpaired) electrons. The lowest BCUT2D eigenvalue weighted by Gasteiger charge is -2.16. The van der Waals surface area contributed by atoms with Crippen LogP contribution in [0.2, 0.25) is 10.0 Å². The van der Waals surface area contributed by atoms with Crippen molar-refractivity contribution in [3.05, 3.63) is 62.2 Å². The van der Waals surface area contributed by atoms with Crippen LogP contribution in [0, 0.1) is 6.92 Å². The first-order valence-corrected chi connectivity index (χ1v) is 8.72. The van der Waals surface area contributed by atoms with Crippen molar-refractivity contribution >= 4 is 40.5 Å². The molecule has 124 valence electrons. The Morgan fingerprint density at radius 1 is 1.29 bits per heavy atom. The lowest BCUT2D eigenvalue weighted by Crippen LogP contribution is -2.15. The first-order valence-electron chi connectivity index (χ1n) is 7.08. The highest BCUT2D eigenvalue weighted by atomic mass is 35.5. The molecule has 0 saturated carbocycles. The number of hydrogen-bond donors (Lipinski definition) is 0. The summed E-state index contributed by atoms with van der Waals surface area (Å²) in [5.41, 5.74) is 1.64. The quantitative estimate of drug-likeness (QED) is 0.609. The van der Waals surface area contributed by atoms with Crippen molar-refractivity contribution in [2.24, 2.45) is 0 Å². The predicted octanol–water partition coefficient (Wildman–Crippen LogP) is 4.78. The first-order chi connectivity index (χ1) is 11.5. The van der Waals surface area contributed by atoms with Gasteiger partial charge < -0.3 is 4.74 Å². The molecule has 8 heteroatoms. The van der Waals surface area contributed by atoms with Crippen LogP contribution in [0.5, 0.6) is 5.88 Å². The molecule has 0 saturated heterocycles. The zero-order valence-electron chi connectivity index (χ0n) is 12.9. The summed E-state index contributed by atoms with van der Waals surface area (Å²) in [4.78, 5) is 16.1. The van der Waals surface area contributed by atoms with E-state index in [1.807, 2.05) is 19.9 Å². The number of hydrogen-bond acceptors (Lipinski definition) is 5. The normalized spacial score (nSPS) is 12.2. The van der Waals surface area contributed by atoms with E-state index in [1.165, 1.54) is 11.3 Å². The second kappa shape index (κ2) is 6.93. The molecule has 0 aliphatic carbocycles. The van der Waals surface area contributed by atoms with Crippen LogP contribution in [0.3, 0.4) is 0 Å². The molecule has 0 N–H and O–H groups in total. The number of aryl methyl sites for hydroxylation is 1. The maximum absolute atomic E-state index is 12.1. The number of esters is 1. The van der Waals surface area contributed by atoms with Gasteiger partial charge in [0.15, 0.2) is 0 Å². The second-order valence-electron chi connectivity index (χ2n) is 5.14. The van der Waals surface area contributed by atoms with E-state index in [1.54, 1.807) is 34.5 Å². The fourth-order valence-corrected chi connectivity index (χ4v) is 3.04. The van der Waals surface area contributed by atoms with Crippen LogP contribution in [-0.2, 0) is 0 Å². The number of ether oxygens (including phenoxy) is 1. The average molecular weight is 382 g/mol. The Hall–Kier alpha value is -1.89. The maximum atomic E-state index is 12.1. The standard InChI is InChI=1S/C16H13Cl2N3O2S/c1-9-7-14(23-16(22)15-19-5-6-24-15)21(20-9)10(2)11-3-4-12(17)13(18)8-11/h3-8,10H,1-2H3. The summed E-state index contributed by atoms with van der Waals surface area (Å²) < 4.78 is 7.10. The van der Waals surface area contributed by atoms with E-state index in [4.69, 9.17) is 27.9 Å². The van der Waals surface area contributed by atoms with Crippen molar-refractivity contribution in [2.45, 2.75) is 19.9 Å². The van der Waals surface area contributed by atoms with Crippen LogP contribution in [0.4, 0.5) is 0 Å². The largest absolute Gasteiger partial charge is 0.402 e. The van der Waals surface area contributed by atoms with Gasteiger partial charge >= 0.3 is 5.97 Å². The predicted molar refractivity (Wildman–Crippen MR) is 94.3 cm³/mol. The number of benzene rings is 1. The van der Waals surface area contributed by atoms with Crippen molar-refractivity contribution in [3.8, 4) is 5.88 Å². The van der Waals surface area contributed by atoms with Crippen LogP contribution < -0.4 is 4.74 Å². The van der Waals surface area contributed by atoms with Gasteiger partial charge in [-0.2, -0.15) is 5.10 Å². The van der Waals surface area contributed by atoms with Gasteiger partial charge in [-0.05, 0) is 31.5 Å². The summed E-state index contributed by atoms with van der Waals surface area (Å²) >= 11 is 13.3. The fraction of sp³-hybridized carbons (Fsp3) is 0.188. The number of rotatable bonds is 4. The lowest BCUT2D eigenvalue weighted by molar-refractivity contribution is 0.0716. The van der Waals surface area contributed by atoms with E-state index in [0.29, 0.717) is 20.9 Å². The van der Waals surface area contributed by atoms with Crippen LogP contribution in [0.15, 0.2) is 35.8 Å². The van der Waals surface area contributed by atoms with E-state index >= 15 is 0 Å². The first kappa shape index (κ1) is 17.0. The Labute approximate surface area is 152 Å². The Morgan fingerprint density at radius 3 is 2.75 bits per heavy atom. The maximum Gasteiger partial charge on any atom is 0.374 e. The van der Waals surface area contributed by atoms with Gasteiger partial charge in [-0.1, -0.05) is 29.3 Å². The molecule has 0 fully saturated rings. The minimum absolute atomic E-state index is 0.187. The molecule has 3 aromatic rings. The molecule has 2 aromatic heterocycles. The van der Waals surface area contributed by atoms with Gasteiger partial charge in [0.2, 0.25) is 10.9 Å². The molecule has 24 heavy (non-hydrogen) atoms. The van der Waals surface area contributed by atoms with Gasteiger partial charge in [0.25, 0.3) is 0 Å². The van der Waals surface area contributed by atoms with Crippen LogP contribution in [0.25, 0.3) is 0 Å². The highest BCUT2D eigenvalue weighted by Gasteiger charge is 2.20. The van der Waals surface area contributed by atoms with Crippen molar-refractivity contribution < 1.29 is 9.53 Å². The van der Waals surface area contributed by atoms with E-state index in [-0.39, 0.29) is 6.04 Å². The highest BCUT2D eigenvalue weighted by Crippen LogP contribution is 2.30. The van der Waals surface area contributed by atoms with Gasteiger partial charge in [0.05, 0.1) is 21.8 Å². The zero-order chi connectivity index (χ0) is 17.3. The van der Waals surface area contributed by atoms with E-state index in [0.717, 1.165) is 11.3 Å². The monoisotopic (exact) mass is 381 g/mol. The topological polar surface area (TPSA) is 57.0 Å². The molecule has 5 nitrogen and oxygen atoms in total. The number of thiazole rings is 1. The molecular weight excluding hydrogens is 369 g/mol. The van der Waals surface area contributed by atoms with Crippen molar-refractivity contribution in [1.29, 1.82) is 0 Å². The van der Waals surface area contributed by atoms with Crippen LogP contribution in [-0.4, -0.2) is 20.7 Å². The molecule has 0 spiro atoms. The van der Waals surface area contributed by atoms with E-state index < -0.39 is 5.97 Å². The highest BCUT2D eigenvalue weighted by molar-refractivity contribution is 7.11. The number of halogens is 2. The van der Waals surface area contributed by atoms with Gasteiger partial charge in [-0.15, -0.1) is 11.3 Å². The summed E-state index contributed by atoms with van der Waals surface area (Å²) in [6, 6.07) is 6.89. The summed E-state index contributed by atoms with van der Waals surface area (Å²) in [5.74, 6) is -0.154. The molecule has 0 aliphatic heterocycles. The number of carbonyl (C=O) groups excluding carboxylic acids is 1. The second-order valence-corrected chi connectivity index (χ2v) is 6.85. The molecular formula is C16H13Cl2N3O2S. The third kappa shape index (κ3) is 3.45. The zero-order valence-corrected chi connectivity index (χ0v) is 15.2. The summed E-state index contributed by atoms with van der Waals surface area (Å²) in [6.45, 7) is 3.77. The fourth-order valence-electron chi connectivity index (χ4n) is 2.22. The number of nitrogens with zero attached hydrogens (tertiary/aromatic N) is 3. The van der Waals surface area contributed by atoms with E-state index in [9.17, 15) is 4.79 Å². The Kier molecular flexibility index (Phi) is 4.89. The molecule has 0 aliphatic rings. The molecule has 1 unspecified atom stereocenters. The Bertz CT molecular complexity index is 878. The number of aromatic nitrogens is 3. The van der Waals surface area contributed by atoms with Gasteiger partial charge in [0, 0.05) is 17.6 Å². The molecule has 3 rings (SSSR count). The third-order valence-electron chi connectivity index (χ3n) is 3.42. The van der Waals surface area contributed by atoms with Gasteiger partial charge in [0.1, 0.15) is 0 Å². The van der Waals surface area contributed by atoms with Crippen molar-refractivity contribution in [1.82, 2.24) is 14.8 Å². The average Bonchev–Trinajstić information content (AvgIpc) is 3.19. The summed E-state index contributed by atoms with van der Waals surface area (Å²) in [7, 11) is 0. The van der Waals surface area contributed by atoms with Crippen molar-refractivity contribution in [3.63, 3.8) is 0 Å². The lowest BCUT2D eigenvalue weighted by atomic mass is 10.1. The molecule has 0 amide bonds. The SMILES string of the molecule is Cc1cc(OC(=O)c2nccs2)n(C(C)c2ccc(Cl)c(Cl)c2)n1. The molecule has 2 heterocycles. The Balaban J connectivity index is 1.90. The molecule has 1 atom stereocenters. The molecule has 1 aromatic carbocycles. The van der Waals surface area contributed by atoms with Crippen LogP contribution >= 0.6 is 34.5 Å². The minimum Gasteiger partial charge on any atom is -0.402 e. The summed E-state index contributed by atoms with van der Waals surface area (Å²) in [5, 5.41) is 7.38. The van der Waals surface area contributed by atoms with Gasteiger partial charge in [-0.25, -0.2) is 14.5 Å². The smallest absolute Gasteiger partial charge is 0.374 e. The third-order valence-corrected chi connectivity index (χ3v) is 4.91.